The molecule has 1 atom stereocenters. The van der Waals surface area contributed by atoms with Crippen molar-refractivity contribution in [2.75, 3.05) is 6.54 Å². The number of aromatic nitrogens is 2. The average Bonchev–Trinajstić information content (AvgIpc) is 3.39. The molecule has 0 bridgehead atoms. The minimum Gasteiger partial charge on any atom is -0.360 e. The zero-order valence-corrected chi connectivity index (χ0v) is 19.6. The van der Waals surface area contributed by atoms with Gasteiger partial charge in [0, 0.05) is 23.0 Å². The molecule has 3 heterocycles. The summed E-state index contributed by atoms with van der Waals surface area (Å²) in [6, 6.07) is 10.6. The minimum atomic E-state index is -1.21. The van der Waals surface area contributed by atoms with Crippen LogP contribution in [0.15, 0.2) is 40.9 Å². The number of hydrogen-bond acceptors (Lipinski definition) is 5. The third-order valence-corrected chi connectivity index (χ3v) is 6.22. The number of imide groups is 1. The average molecular weight is 449 g/mol. The second-order valence-corrected chi connectivity index (χ2v) is 8.73. The Morgan fingerprint density at radius 1 is 1.12 bits per heavy atom. The summed E-state index contributed by atoms with van der Waals surface area (Å²) in [6.07, 6.45) is 1.98. The monoisotopic (exact) mass is 448 g/mol. The van der Waals surface area contributed by atoms with Crippen LogP contribution in [-0.2, 0) is 16.8 Å². The highest BCUT2D eigenvalue weighted by Gasteiger charge is 2.49. The fraction of sp³-hybridized carbons (Fsp3) is 0.360. The van der Waals surface area contributed by atoms with Gasteiger partial charge in [-0.25, -0.2) is 4.79 Å². The number of benzene rings is 1. The van der Waals surface area contributed by atoms with Gasteiger partial charge in [0.1, 0.15) is 11.3 Å². The second-order valence-electron chi connectivity index (χ2n) is 8.73. The molecule has 1 aliphatic heterocycles. The van der Waals surface area contributed by atoms with Crippen molar-refractivity contribution in [1.82, 2.24) is 19.9 Å². The SMILES string of the molecule is CCCc1ccc(C2(C)NC(=O)N(CC(=O)c3cc(C)n(-c4cc(C)on4)c3C)C2=O)cc1. The largest absolute Gasteiger partial charge is 0.360 e. The Bertz CT molecular complexity index is 1240. The smallest absolute Gasteiger partial charge is 0.325 e. The molecule has 4 rings (SSSR count). The molecule has 1 aromatic carbocycles. The van der Waals surface area contributed by atoms with Gasteiger partial charge in [0.25, 0.3) is 5.91 Å². The van der Waals surface area contributed by atoms with Gasteiger partial charge in [0.2, 0.25) is 0 Å². The number of carbonyl (C=O) groups excluding carboxylic acids is 3. The Morgan fingerprint density at radius 2 is 1.82 bits per heavy atom. The second kappa shape index (κ2) is 8.35. The van der Waals surface area contributed by atoms with Crippen molar-refractivity contribution in [3.63, 3.8) is 0 Å². The molecule has 8 nitrogen and oxygen atoms in total. The van der Waals surface area contributed by atoms with Crippen molar-refractivity contribution >= 4 is 17.7 Å². The molecule has 1 aliphatic rings. The Hall–Kier alpha value is -3.68. The maximum atomic E-state index is 13.3. The number of Topliss-reactive ketones (excluding diaryl/α,β-unsaturated/α-hetero) is 1. The number of nitrogens with zero attached hydrogens (tertiary/aromatic N) is 3. The topological polar surface area (TPSA) is 97.4 Å². The molecule has 172 valence electrons. The molecule has 0 radical (unpaired) electrons. The fourth-order valence-electron chi connectivity index (χ4n) is 4.41. The lowest BCUT2D eigenvalue weighted by Crippen LogP contribution is -2.41. The van der Waals surface area contributed by atoms with Crippen LogP contribution < -0.4 is 5.32 Å². The van der Waals surface area contributed by atoms with E-state index in [9.17, 15) is 14.4 Å². The highest BCUT2D eigenvalue weighted by molar-refractivity contribution is 6.11. The van der Waals surface area contributed by atoms with Crippen molar-refractivity contribution < 1.29 is 18.9 Å². The summed E-state index contributed by atoms with van der Waals surface area (Å²) in [5, 5.41) is 6.80. The van der Waals surface area contributed by atoms with Crippen LogP contribution in [0.25, 0.3) is 5.82 Å². The quantitative estimate of drug-likeness (QED) is 0.435. The lowest BCUT2D eigenvalue weighted by atomic mass is 9.91. The Labute approximate surface area is 192 Å². The van der Waals surface area contributed by atoms with E-state index in [0.29, 0.717) is 28.4 Å². The fourth-order valence-corrected chi connectivity index (χ4v) is 4.41. The number of ketones is 1. The number of aryl methyl sites for hydroxylation is 3. The van der Waals surface area contributed by atoms with Gasteiger partial charge in [-0.05, 0) is 51.3 Å². The van der Waals surface area contributed by atoms with E-state index in [1.165, 1.54) is 5.56 Å². The van der Waals surface area contributed by atoms with Crippen LogP contribution >= 0.6 is 0 Å². The summed E-state index contributed by atoms with van der Waals surface area (Å²) in [6.45, 7) is 8.90. The van der Waals surface area contributed by atoms with E-state index in [1.54, 1.807) is 32.9 Å². The van der Waals surface area contributed by atoms with Crippen LogP contribution in [0.1, 0.15) is 58.9 Å². The van der Waals surface area contributed by atoms with Crippen LogP contribution in [0.5, 0.6) is 0 Å². The molecule has 8 heteroatoms. The third kappa shape index (κ3) is 3.86. The van der Waals surface area contributed by atoms with E-state index < -0.39 is 17.5 Å². The van der Waals surface area contributed by atoms with Crippen LogP contribution in [0, 0.1) is 20.8 Å². The molecule has 1 fully saturated rings. The van der Waals surface area contributed by atoms with Crippen LogP contribution in [0.4, 0.5) is 4.79 Å². The summed E-state index contributed by atoms with van der Waals surface area (Å²) in [5.74, 6) is 0.480. The first-order valence-corrected chi connectivity index (χ1v) is 11.0. The Kier molecular flexibility index (Phi) is 5.69. The summed E-state index contributed by atoms with van der Waals surface area (Å²) in [7, 11) is 0. The van der Waals surface area contributed by atoms with E-state index in [2.05, 4.69) is 17.4 Å². The van der Waals surface area contributed by atoms with Gasteiger partial charge in [-0.1, -0.05) is 42.8 Å². The van der Waals surface area contributed by atoms with Gasteiger partial charge in [-0.2, -0.15) is 0 Å². The summed E-state index contributed by atoms with van der Waals surface area (Å²) in [5.41, 5.74) is 2.57. The first kappa shape index (κ1) is 22.5. The highest BCUT2D eigenvalue weighted by Crippen LogP contribution is 2.30. The van der Waals surface area contributed by atoms with Crippen molar-refractivity contribution in [3.8, 4) is 5.82 Å². The molecule has 0 spiro atoms. The normalized spacial score (nSPS) is 18.2. The van der Waals surface area contributed by atoms with Gasteiger partial charge in [-0.15, -0.1) is 0 Å². The first-order valence-electron chi connectivity index (χ1n) is 11.0. The Balaban J connectivity index is 1.57. The van der Waals surface area contributed by atoms with E-state index >= 15 is 0 Å². The van der Waals surface area contributed by atoms with Gasteiger partial charge < -0.3 is 9.84 Å². The lowest BCUT2D eigenvalue weighted by Gasteiger charge is -2.22. The van der Waals surface area contributed by atoms with Gasteiger partial charge in [0.05, 0.1) is 6.54 Å². The van der Waals surface area contributed by atoms with Crippen molar-refractivity contribution in [1.29, 1.82) is 0 Å². The van der Waals surface area contributed by atoms with Gasteiger partial charge >= 0.3 is 6.03 Å². The zero-order chi connectivity index (χ0) is 23.9. The molecule has 3 aromatic rings. The number of nitrogens with one attached hydrogen (secondary N) is 1. The summed E-state index contributed by atoms with van der Waals surface area (Å²) < 4.78 is 6.98. The summed E-state index contributed by atoms with van der Waals surface area (Å²) >= 11 is 0. The number of hydrogen-bond donors (Lipinski definition) is 1. The Morgan fingerprint density at radius 3 is 2.42 bits per heavy atom. The molecule has 3 amide bonds. The standard InChI is InChI=1S/C25H28N4O4/c1-6-7-18-8-10-19(11-9-18)25(5)23(31)28(24(32)26-25)14-21(30)20-12-15(2)29(17(20)4)22-13-16(3)33-27-22/h8-13H,6-7,14H2,1-5H3,(H,26,32). The molecule has 1 saturated heterocycles. The van der Waals surface area contributed by atoms with E-state index in [4.69, 9.17) is 4.52 Å². The van der Waals surface area contributed by atoms with Crippen molar-refractivity contribution in [2.24, 2.45) is 0 Å². The molecule has 1 unspecified atom stereocenters. The number of urea groups is 1. The molecular weight excluding hydrogens is 420 g/mol. The molecule has 2 aromatic heterocycles. The van der Waals surface area contributed by atoms with Crippen LogP contribution in [0.3, 0.4) is 0 Å². The van der Waals surface area contributed by atoms with Crippen molar-refractivity contribution in [3.05, 3.63) is 70.2 Å². The van der Waals surface area contributed by atoms with E-state index in [1.807, 2.05) is 35.8 Å². The maximum absolute atomic E-state index is 13.3. The lowest BCUT2D eigenvalue weighted by molar-refractivity contribution is -0.130. The molecule has 33 heavy (non-hydrogen) atoms. The summed E-state index contributed by atoms with van der Waals surface area (Å²) in [4.78, 5) is 40.1. The first-order chi connectivity index (χ1) is 15.7. The predicted octanol–water partition coefficient (Wildman–Crippen LogP) is 3.99. The number of carbonyl (C=O) groups is 3. The molecular formula is C25H28N4O4. The number of amides is 3. The van der Waals surface area contributed by atoms with E-state index in [-0.39, 0.29) is 12.3 Å². The van der Waals surface area contributed by atoms with Gasteiger partial charge in [0.15, 0.2) is 11.6 Å². The highest BCUT2D eigenvalue weighted by atomic mass is 16.5. The van der Waals surface area contributed by atoms with Crippen LogP contribution in [0.2, 0.25) is 0 Å². The third-order valence-electron chi connectivity index (χ3n) is 6.22. The van der Waals surface area contributed by atoms with E-state index in [0.717, 1.165) is 23.4 Å². The molecule has 0 saturated carbocycles. The van der Waals surface area contributed by atoms with Crippen molar-refractivity contribution in [2.45, 2.75) is 53.0 Å². The number of rotatable bonds is 7. The molecule has 1 N–H and O–H groups in total. The molecule has 0 aliphatic carbocycles. The maximum Gasteiger partial charge on any atom is 0.325 e. The van der Waals surface area contributed by atoms with Crippen LogP contribution in [-0.4, -0.2) is 38.9 Å². The minimum absolute atomic E-state index is 0.319. The zero-order valence-electron chi connectivity index (χ0n) is 19.6. The van der Waals surface area contributed by atoms with Gasteiger partial charge in [-0.3, -0.25) is 19.1 Å². The predicted molar refractivity (Wildman–Crippen MR) is 122 cm³/mol.